The van der Waals surface area contributed by atoms with Crippen molar-refractivity contribution >= 4 is 38.4 Å². The Hall–Kier alpha value is -2.57. The van der Waals surface area contributed by atoms with Gasteiger partial charge in [-0.05, 0) is 64.2 Å². The van der Waals surface area contributed by atoms with E-state index in [0.717, 1.165) is 22.3 Å². The molecule has 0 atom stereocenters. The zero-order chi connectivity index (χ0) is 20.4. The third kappa shape index (κ3) is 4.13. The number of ketones is 1. The van der Waals surface area contributed by atoms with Crippen molar-refractivity contribution in [3.05, 3.63) is 58.7 Å². The number of carbonyl (C=O) groups is 2. The highest BCUT2D eigenvalue weighted by molar-refractivity contribution is 7.22. The van der Waals surface area contributed by atoms with Crippen LogP contribution in [0, 0.1) is 13.8 Å². The second-order valence-electron chi connectivity index (χ2n) is 7.24. The molecule has 5 nitrogen and oxygen atoms in total. The summed E-state index contributed by atoms with van der Waals surface area (Å²) in [6.45, 7) is 6.92. The van der Waals surface area contributed by atoms with Gasteiger partial charge in [0.25, 0.3) is 5.91 Å². The van der Waals surface area contributed by atoms with E-state index in [1.54, 1.807) is 29.2 Å². The Bertz CT molecular complexity index is 1020. The van der Waals surface area contributed by atoms with E-state index in [1.165, 1.54) is 23.8 Å². The number of nitrogens with zero attached hydrogens (tertiary/aromatic N) is 3. The molecular weight excluding hydrogens is 370 g/mol. The molecule has 0 spiro atoms. The van der Waals surface area contributed by atoms with E-state index in [2.05, 4.69) is 26.0 Å². The minimum atomic E-state index is -0.106. The summed E-state index contributed by atoms with van der Waals surface area (Å²) in [6.07, 6.45) is 0. The first kappa shape index (κ1) is 20.2. The maximum absolute atomic E-state index is 13.3. The molecule has 0 aliphatic carbocycles. The summed E-state index contributed by atoms with van der Waals surface area (Å²) in [7, 11) is 3.96. The molecule has 0 radical (unpaired) electrons. The molecule has 146 valence electrons. The van der Waals surface area contributed by atoms with Crippen LogP contribution in [0.5, 0.6) is 0 Å². The van der Waals surface area contributed by atoms with Gasteiger partial charge in [-0.1, -0.05) is 29.5 Å². The van der Waals surface area contributed by atoms with Crippen LogP contribution in [0.25, 0.3) is 10.2 Å². The second kappa shape index (κ2) is 8.20. The molecule has 0 saturated heterocycles. The van der Waals surface area contributed by atoms with Gasteiger partial charge >= 0.3 is 0 Å². The van der Waals surface area contributed by atoms with Crippen molar-refractivity contribution in [3.8, 4) is 0 Å². The Labute approximate surface area is 169 Å². The zero-order valence-electron chi connectivity index (χ0n) is 16.9. The molecule has 0 aliphatic heterocycles. The predicted octanol–water partition coefficient (Wildman–Crippen LogP) is 4.32. The van der Waals surface area contributed by atoms with Gasteiger partial charge in [-0.25, -0.2) is 4.98 Å². The molecule has 0 saturated carbocycles. The topological polar surface area (TPSA) is 53.5 Å². The van der Waals surface area contributed by atoms with Gasteiger partial charge in [0.15, 0.2) is 10.9 Å². The van der Waals surface area contributed by atoms with E-state index in [-0.39, 0.29) is 11.7 Å². The van der Waals surface area contributed by atoms with Crippen LogP contribution in [0.1, 0.15) is 38.8 Å². The highest BCUT2D eigenvalue weighted by Gasteiger charge is 2.22. The molecule has 28 heavy (non-hydrogen) atoms. The lowest BCUT2D eigenvalue weighted by Gasteiger charge is -2.22. The van der Waals surface area contributed by atoms with Gasteiger partial charge in [0.2, 0.25) is 0 Å². The number of rotatable bonds is 6. The summed E-state index contributed by atoms with van der Waals surface area (Å²) in [6, 6.07) is 11.0. The van der Waals surface area contributed by atoms with E-state index >= 15 is 0 Å². The largest absolute Gasteiger partial charge is 0.308 e. The molecule has 3 aromatic rings. The zero-order valence-corrected chi connectivity index (χ0v) is 17.8. The third-order valence-electron chi connectivity index (χ3n) is 4.86. The van der Waals surface area contributed by atoms with E-state index in [4.69, 9.17) is 4.98 Å². The Morgan fingerprint density at radius 3 is 2.21 bits per heavy atom. The van der Waals surface area contributed by atoms with Crippen molar-refractivity contribution in [2.45, 2.75) is 20.8 Å². The van der Waals surface area contributed by atoms with E-state index in [0.29, 0.717) is 22.8 Å². The maximum Gasteiger partial charge on any atom is 0.260 e. The average molecular weight is 396 g/mol. The smallest absolute Gasteiger partial charge is 0.260 e. The van der Waals surface area contributed by atoms with Crippen molar-refractivity contribution < 1.29 is 9.59 Å². The molecule has 0 N–H and O–H groups in total. The van der Waals surface area contributed by atoms with E-state index < -0.39 is 0 Å². The summed E-state index contributed by atoms with van der Waals surface area (Å²) >= 11 is 1.53. The summed E-state index contributed by atoms with van der Waals surface area (Å²) in [5.74, 6) is -0.120. The minimum absolute atomic E-state index is 0.0134. The Morgan fingerprint density at radius 2 is 1.61 bits per heavy atom. The average Bonchev–Trinajstić information content (AvgIpc) is 3.09. The molecule has 0 unspecified atom stereocenters. The molecule has 6 heteroatoms. The molecule has 1 aromatic heterocycles. The van der Waals surface area contributed by atoms with Crippen LogP contribution in [0.4, 0.5) is 5.13 Å². The maximum atomic E-state index is 13.3. The van der Waals surface area contributed by atoms with Crippen molar-refractivity contribution in [3.63, 3.8) is 0 Å². The molecule has 1 heterocycles. The molecule has 0 aliphatic rings. The van der Waals surface area contributed by atoms with E-state index in [9.17, 15) is 9.59 Å². The number of carbonyl (C=O) groups excluding carboxylic acids is 2. The Balaban J connectivity index is 1.99. The lowest BCUT2D eigenvalue weighted by atomic mass is 10.1. The molecule has 3 rings (SSSR count). The number of aromatic nitrogens is 1. The highest BCUT2D eigenvalue weighted by Crippen LogP contribution is 2.32. The van der Waals surface area contributed by atoms with Crippen LogP contribution in [0.2, 0.25) is 0 Å². The highest BCUT2D eigenvalue weighted by atomic mass is 32.1. The van der Waals surface area contributed by atoms with E-state index in [1.807, 2.05) is 19.0 Å². The summed E-state index contributed by atoms with van der Waals surface area (Å²) in [5.41, 5.74) is 4.44. The first-order valence-corrected chi connectivity index (χ1v) is 10.0. The summed E-state index contributed by atoms with van der Waals surface area (Å²) < 4.78 is 1.08. The van der Waals surface area contributed by atoms with Crippen LogP contribution < -0.4 is 4.90 Å². The monoisotopic (exact) mass is 395 g/mol. The van der Waals surface area contributed by atoms with Crippen LogP contribution in [0.15, 0.2) is 36.4 Å². The summed E-state index contributed by atoms with van der Waals surface area (Å²) in [5, 5.41) is 0.700. The van der Waals surface area contributed by atoms with Gasteiger partial charge < -0.3 is 4.90 Å². The lowest BCUT2D eigenvalue weighted by molar-refractivity contribution is 0.0981. The van der Waals surface area contributed by atoms with Crippen LogP contribution in [0.3, 0.4) is 0 Å². The van der Waals surface area contributed by atoms with Crippen molar-refractivity contribution in [1.29, 1.82) is 0 Å². The summed E-state index contributed by atoms with van der Waals surface area (Å²) in [4.78, 5) is 33.3. The number of anilines is 1. The normalized spacial score (nSPS) is 11.2. The van der Waals surface area contributed by atoms with Gasteiger partial charge in [-0.2, -0.15) is 0 Å². The van der Waals surface area contributed by atoms with Crippen LogP contribution in [-0.2, 0) is 0 Å². The quantitative estimate of drug-likeness (QED) is 0.583. The minimum Gasteiger partial charge on any atom is -0.308 e. The molecule has 0 bridgehead atoms. The molecular formula is C22H25N3O2S. The van der Waals surface area contributed by atoms with Gasteiger partial charge in [0, 0.05) is 24.2 Å². The molecule has 0 fully saturated rings. The van der Waals surface area contributed by atoms with Gasteiger partial charge in [-0.3, -0.25) is 14.5 Å². The Morgan fingerprint density at radius 1 is 0.964 bits per heavy atom. The number of thiazole rings is 1. The van der Waals surface area contributed by atoms with Crippen molar-refractivity contribution in [2.75, 3.05) is 32.1 Å². The fourth-order valence-corrected chi connectivity index (χ4v) is 3.97. The number of benzene rings is 2. The van der Waals surface area contributed by atoms with Crippen molar-refractivity contribution in [2.24, 2.45) is 0 Å². The second-order valence-corrected chi connectivity index (χ2v) is 8.25. The number of likely N-dealkylation sites (N-methyl/N-ethyl adjacent to an activating group) is 1. The fraction of sp³-hybridized carbons (Fsp3) is 0.318. The van der Waals surface area contributed by atoms with Crippen LogP contribution >= 0.6 is 11.3 Å². The first-order chi connectivity index (χ1) is 13.3. The SMILES string of the molecule is CC(=O)c1ccc(C(=O)N(CCN(C)C)c2nc3c(C)c(C)ccc3s2)cc1. The first-order valence-electron chi connectivity index (χ1n) is 9.22. The number of aryl methyl sites for hydroxylation is 2. The number of Topliss-reactive ketones (excluding diaryl/α,β-unsaturated/α-hetero) is 1. The lowest BCUT2D eigenvalue weighted by Crippen LogP contribution is -2.36. The number of hydrogen-bond acceptors (Lipinski definition) is 5. The number of fused-ring (bicyclic) bond motifs is 1. The predicted molar refractivity (Wildman–Crippen MR) is 116 cm³/mol. The number of hydrogen-bond donors (Lipinski definition) is 0. The van der Waals surface area contributed by atoms with Crippen LogP contribution in [-0.4, -0.2) is 48.8 Å². The molecule has 1 amide bonds. The third-order valence-corrected chi connectivity index (χ3v) is 5.90. The standard InChI is InChI=1S/C22H25N3O2S/c1-14-6-11-19-20(15(14)2)23-22(28-19)25(13-12-24(4)5)21(27)18-9-7-17(8-10-18)16(3)26/h6-11H,12-13H2,1-5H3. The Kier molecular flexibility index (Phi) is 5.91. The fourth-order valence-electron chi connectivity index (χ4n) is 2.92. The van der Waals surface area contributed by atoms with Gasteiger partial charge in [0.1, 0.15) is 0 Å². The molecule has 2 aromatic carbocycles. The van der Waals surface area contributed by atoms with Crippen molar-refractivity contribution in [1.82, 2.24) is 9.88 Å². The van der Waals surface area contributed by atoms with Gasteiger partial charge in [0.05, 0.1) is 10.2 Å². The van der Waals surface area contributed by atoms with Gasteiger partial charge in [-0.15, -0.1) is 0 Å². The number of amides is 1.